The zero-order chi connectivity index (χ0) is 13.5. The molecular weight excluding hydrogens is 263 g/mol. The molecule has 0 aliphatic carbocycles. The van der Waals surface area contributed by atoms with Crippen molar-refractivity contribution in [3.05, 3.63) is 29.8 Å². The Morgan fingerprint density at radius 1 is 1.33 bits per heavy atom. The van der Waals surface area contributed by atoms with Gasteiger partial charge in [0.15, 0.2) is 0 Å². The summed E-state index contributed by atoms with van der Waals surface area (Å²) in [6.07, 6.45) is -0.444. The van der Waals surface area contributed by atoms with Crippen LogP contribution in [-0.2, 0) is 4.57 Å². The van der Waals surface area contributed by atoms with E-state index in [-0.39, 0.29) is 6.15 Å². The highest BCUT2D eigenvalue weighted by molar-refractivity contribution is 7.45. The van der Waals surface area contributed by atoms with Gasteiger partial charge in [-0.05, 0) is 24.6 Å². The molecule has 0 heterocycles. The molecule has 0 aliphatic rings. The van der Waals surface area contributed by atoms with E-state index in [0.29, 0.717) is 5.75 Å². The van der Waals surface area contributed by atoms with Crippen LogP contribution in [0.4, 0.5) is 4.79 Å². The second-order valence-corrected chi connectivity index (χ2v) is 4.00. The molecule has 7 N–H and O–H groups in total. The van der Waals surface area contributed by atoms with E-state index in [1.54, 1.807) is 12.1 Å². The number of nitrogens with one attached hydrogen (secondary N) is 1. The molecule has 18 heavy (non-hydrogen) atoms. The van der Waals surface area contributed by atoms with Crippen molar-refractivity contribution >= 4 is 13.9 Å². The van der Waals surface area contributed by atoms with Crippen LogP contribution in [0, 0.1) is 6.92 Å². The first-order valence-electron chi connectivity index (χ1n) is 4.47. The Balaban J connectivity index is 0. The normalized spacial score (nSPS) is 9.39. The van der Waals surface area contributed by atoms with Crippen molar-refractivity contribution in [3.8, 4) is 5.75 Å². The number of benzene rings is 1. The maximum absolute atomic E-state index is 10.8. The molecule has 1 aromatic rings. The fourth-order valence-electron chi connectivity index (χ4n) is 0.837. The number of carbonyl (C=O) groups excluding carboxylic acids is 1. The second-order valence-electron chi connectivity index (χ2n) is 2.97. The van der Waals surface area contributed by atoms with Crippen molar-refractivity contribution in [2.45, 2.75) is 6.92 Å². The van der Waals surface area contributed by atoms with Crippen LogP contribution < -0.4 is 16.2 Å². The fourth-order valence-corrected chi connectivity index (χ4v) is 0.837. The van der Waals surface area contributed by atoms with E-state index < -0.39 is 13.9 Å². The van der Waals surface area contributed by atoms with Crippen molar-refractivity contribution in [2.75, 3.05) is 7.05 Å². The largest absolute Gasteiger partial charge is 0.466 e. The first-order chi connectivity index (χ1) is 7.72. The van der Waals surface area contributed by atoms with Crippen LogP contribution in [0.3, 0.4) is 0 Å². The van der Waals surface area contributed by atoms with E-state index in [0.717, 1.165) is 5.56 Å². The molecule has 0 unspecified atom stereocenters. The topological polar surface area (TPSA) is 151 Å². The molecule has 1 aromatic carbocycles. The monoisotopic (exact) mass is 280 g/mol. The number of rotatable bonds is 1. The van der Waals surface area contributed by atoms with Gasteiger partial charge in [-0.1, -0.05) is 12.1 Å². The van der Waals surface area contributed by atoms with Gasteiger partial charge in [0, 0.05) is 7.05 Å². The predicted molar refractivity (Wildman–Crippen MR) is 65.5 cm³/mol. The van der Waals surface area contributed by atoms with Crippen LogP contribution in [-0.4, -0.2) is 27.8 Å². The van der Waals surface area contributed by atoms with Crippen LogP contribution in [0.25, 0.3) is 0 Å². The molecule has 0 spiro atoms. The highest BCUT2D eigenvalue weighted by atomic mass is 31.2. The lowest BCUT2D eigenvalue weighted by Gasteiger charge is -2.02. The number of ether oxygens (including phenoxy) is 1. The first kappa shape index (κ1) is 18.9. The summed E-state index contributed by atoms with van der Waals surface area (Å²) >= 11 is 0. The lowest BCUT2D eigenvalue weighted by atomic mass is 10.2. The summed E-state index contributed by atoms with van der Waals surface area (Å²) in [5.74, 6) is 0.564. The smallest absolute Gasteiger partial charge is 0.410 e. The quantitative estimate of drug-likeness (QED) is 0.480. The van der Waals surface area contributed by atoms with Crippen molar-refractivity contribution in [1.29, 1.82) is 0 Å². The summed E-state index contributed by atoms with van der Waals surface area (Å²) in [6.45, 7) is 1.94. The van der Waals surface area contributed by atoms with Crippen molar-refractivity contribution < 1.29 is 28.8 Å². The number of aryl methyl sites for hydroxylation is 1. The van der Waals surface area contributed by atoms with Gasteiger partial charge in [0.1, 0.15) is 5.75 Å². The number of amides is 1. The van der Waals surface area contributed by atoms with E-state index >= 15 is 0 Å². The summed E-state index contributed by atoms with van der Waals surface area (Å²) < 4.78 is 13.8. The maximum Gasteiger partial charge on any atom is 0.466 e. The van der Waals surface area contributed by atoms with Gasteiger partial charge in [-0.3, -0.25) is 0 Å². The molecule has 0 saturated carbocycles. The lowest BCUT2D eigenvalue weighted by Crippen LogP contribution is -2.21. The van der Waals surface area contributed by atoms with Gasteiger partial charge in [-0.25, -0.2) is 9.36 Å². The summed E-state index contributed by atoms with van der Waals surface area (Å²) in [6, 6.07) is 7.32. The van der Waals surface area contributed by atoms with Gasteiger partial charge in [0.25, 0.3) is 0 Å². The molecule has 104 valence electrons. The molecule has 1 rings (SSSR count). The Labute approximate surface area is 104 Å². The molecule has 0 atom stereocenters. The van der Waals surface area contributed by atoms with Crippen molar-refractivity contribution in [2.24, 2.45) is 0 Å². The van der Waals surface area contributed by atoms with E-state index in [4.69, 9.17) is 24.0 Å². The van der Waals surface area contributed by atoms with E-state index in [2.05, 4.69) is 5.32 Å². The predicted octanol–water partition coefficient (Wildman–Crippen LogP) is 0.947. The molecule has 0 saturated heterocycles. The average Bonchev–Trinajstić information content (AvgIpc) is 2.15. The molecule has 8 nitrogen and oxygen atoms in total. The Hall–Kier alpha value is -1.44. The molecule has 0 aromatic heterocycles. The minimum absolute atomic E-state index is 0. The number of phosphoric acid groups is 1. The standard InChI is InChI=1S/C9H11NO2.H3N.H3O4P/c1-7-4-3-5-8(6-7)12-9(11)10-2;;1-5(2,3)4/h3-6H,1-2H3,(H,10,11);1H3;(H3,1,2,3,4). The highest BCUT2D eigenvalue weighted by Gasteiger charge is 2.00. The van der Waals surface area contributed by atoms with Crippen LogP contribution in [0.15, 0.2) is 24.3 Å². The van der Waals surface area contributed by atoms with Gasteiger partial charge >= 0.3 is 13.9 Å². The van der Waals surface area contributed by atoms with E-state index in [1.807, 2.05) is 19.1 Å². The molecule has 0 radical (unpaired) electrons. The van der Waals surface area contributed by atoms with Crippen molar-refractivity contribution in [1.82, 2.24) is 11.5 Å². The summed E-state index contributed by atoms with van der Waals surface area (Å²) in [5, 5.41) is 2.37. The molecule has 9 heteroatoms. The minimum atomic E-state index is -4.64. The third kappa shape index (κ3) is 12.6. The second kappa shape index (κ2) is 8.62. The Morgan fingerprint density at radius 3 is 2.22 bits per heavy atom. The molecule has 0 aliphatic heterocycles. The van der Waals surface area contributed by atoms with Gasteiger partial charge < -0.3 is 30.9 Å². The first-order valence-corrected chi connectivity index (χ1v) is 6.03. The zero-order valence-corrected chi connectivity index (χ0v) is 10.9. The average molecular weight is 280 g/mol. The Morgan fingerprint density at radius 2 is 1.83 bits per heavy atom. The number of hydrogen-bond acceptors (Lipinski definition) is 4. The summed E-state index contributed by atoms with van der Waals surface area (Å²) in [7, 11) is -3.11. The van der Waals surface area contributed by atoms with Crippen LogP contribution in [0.5, 0.6) is 5.75 Å². The maximum atomic E-state index is 10.8. The summed E-state index contributed by atoms with van der Waals surface area (Å²) in [5.41, 5.74) is 1.07. The number of hydrogen-bond donors (Lipinski definition) is 5. The highest BCUT2D eigenvalue weighted by Crippen LogP contribution is 2.25. The number of carbonyl (C=O) groups is 1. The van der Waals surface area contributed by atoms with Gasteiger partial charge in [0.05, 0.1) is 0 Å². The third-order valence-electron chi connectivity index (χ3n) is 1.40. The van der Waals surface area contributed by atoms with Gasteiger partial charge in [-0.2, -0.15) is 0 Å². The summed E-state index contributed by atoms with van der Waals surface area (Å²) in [4.78, 5) is 32.3. The molecule has 0 fully saturated rings. The van der Waals surface area contributed by atoms with Crippen LogP contribution in [0.2, 0.25) is 0 Å². The lowest BCUT2D eigenvalue weighted by molar-refractivity contribution is 0.203. The molecule has 1 amide bonds. The van der Waals surface area contributed by atoms with Gasteiger partial charge in [-0.15, -0.1) is 0 Å². The van der Waals surface area contributed by atoms with Gasteiger partial charge in [0.2, 0.25) is 0 Å². The minimum Gasteiger partial charge on any atom is -0.410 e. The van der Waals surface area contributed by atoms with Crippen LogP contribution in [0.1, 0.15) is 5.56 Å². The Kier molecular flexibility index (Phi) is 9.06. The van der Waals surface area contributed by atoms with Crippen molar-refractivity contribution in [3.63, 3.8) is 0 Å². The SMILES string of the molecule is CNC(=O)Oc1cccc(C)c1.N.O=P(O)(O)O. The van der Waals surface area contributed by atoms with Crippen LogP contribution >= 0.6 is 7.82 Å². The van der Waals surface area contributed by atoms with E-state index in [9.17, 15) is 4.79 Å². The van der Waals surface area contributed by atoms with E-state index in [1.165, 1.54) is 7.05 Å². The Bertz CT molecular complexity index is 411. The molecule has 0 bridgehead atoms. The molecular formula is C9H17N2O6P. The third-order valence-corrected chi connectivity index (χ3v) is 1.40. The fraction of sp³-hybridized carbons (Fsp3) is 0.222. The zero-order valence-electron chi connectivity index (χ0n) is 10.0.